The van der Waals surface area contributed by atoms with Gasteiger partial charge in [-0.05, 0) is 19.3 Å². The Balaban J connectivity index is 3.94. The van der Waals surface area contributed by atoms with Gasteiger partial charge in [0.05, 0.1) is 6.04 Å². The topological polar surface area (TPSA) is 55.1 Å². The van der Waals surface area contributed by atoms with Gasteiger partial charge in [0.1, 0.15) is 0 Å². The molecule has 0 bridgehead atoms. The Bertz CT molecular complexity index is 171. The highest BCUT2D eigenvalue weighted by Crippen LogP contribution is 2.05. The molecule has 1 amide bonds. The quantitative estimate of drug-likeness (QED) is 0.675. The first-order valence-electron chi connectivity index (χ1n) is 5.21. The highest BCUT2D eigenvalue weighted by atomic mass is 16.2. The molecule has 0 fully saturated rings. The fraction of sp³-hybridized carbons (Fsp3) is 0.727. The fourth-order valence-electron chi connectivity index (χ4n) is 1.13. The third-order valence-electron chi connectivity index (χ3n) is 2.46. The number of hydrogen-bond acceptors (Lipinski definition) is 2. The predicted octanol–water partition coefficient (Wildman–Crippen LogP) is 1.29. The summed E-state index contributed by atoms with van der Waals surface area (Å²) in [7, 11) is 0. The van der Waals surface area contributed by atoms with Crippen molar-refractivity contribution in [2.75, 3.05) is 0 Å². The Morgan fingerprint density at radius 1 is 1.57 bits per heavy atom. The summed E-state index contributed by atoms with van der Waals surface area (Å²) in [6.45, 7) is 11.5. The van der Waals surface area contributed by atoms with Gasteiger partial charge in [-0.2, -0.15) is 0 Å². The molecule has 0 aromatic heterocycles. The van der Waals surface area contributed by atoms with E-state index in [2.05, 4.69) is 19.2 Å². The summed E-state index contributed by atoms with van der Waals surface area (Å²) in [5.41, 5.74) is 5.76. The molecule has 0 heterocycles. The van der Waals surface area contributed by atoms with Crippen molar-refractivity contribution in [3.8, 4) is 0 Å². The number of carbonyl (C=O) groups is 1. The van der Waals surface area contributed by atoms with E-state index < -0.39 is 6.04 Å². The van der Waals surface area contributed by atoms with Gasteiger partial charge < -0.3 is 11.1 Å². The highest BCUT2D eigenvalue weighted by Gasteiger charge is 2.20. The molecule has 2 radical (unpaired) electrons. The molecule has 0 aromatic carbocycles. The molecule has 0 aromatic rings. The van der Waals surface area contributed by atoms with Crippen molar-refractivity contribution in [3.63, 3.8) is 0 Å². The molecule has 0 saturated carbocycles. The summed E-state index contributed by atoms with van der Waals surface area (Å²) in [6, 6.07) is -0.496. The van der Waals surface area contributed by atoms with E-state index in [1.807, 2.05) is 13.8 Å². The van der Waals surface area contributed by atoms with Crippen LogP contribution in [0.2, 0.25) is 0 Å². The Morgan fingerprint density at radius 3 is 2.57 bits per heavy atom. The van der Waals surface area contributed by atoms with Gasteiger partial charge in [-0.15, -0.1) is 0 Å². The SMILES string of the molecule is [CH2]CCC([CH2])NC(=O)C(N)C(C)CC. The molecule has 3 N–H and O–H groups in total. The second-order valence-electron chi connectivity index (χ2n) is 3.76. The molecule has 0 aliphatic carbocycles. The zero-order valence-corrected chi connectivity index (χ0v) is 9.25. The summed E-state index contributed by atoms with van der Waals surface area (Å²) >= 11 is 0. The molecular weight excluding hydrogens is 176 g/mol. The smallest absolute Gasteiger partial charge is 0.237 e. The van der Waals surface area contributed by atoms with Crippen LogP contribution in [0, 0.1) is 19.8 Å². The third kappa shape index (κ3) is 4.61. The van der Waals surface area contributed by atoms with E-state index in [1.54, 1.807) is 0 Å². The number of rotatable bonds is 6. The van der Waals surface area contributed by atoms with E-state index in [4.69, 9.17) is 5.73 Å². The molecule has 14 heavy (non-hydrogen) atoms. The monoisotopic (exact) mass is 198 g/mol. The minimum atomic E-state index is -0.422. The Hall–Kier alpha value is -0.570. The maximum atomic E-state index is 11.5. The van der Waals surface area contributed by atoms with Crippen LogP contribution in [0.25, 0.3) is 0 Å². The van der Waals surface area contributed by atoms with E-state index in [-0.39, 0.29) is 17.9 Å². The van der Waals surface area contributed by atoms with Crippen LogP contribution in [0.5, 0.6) is 0 Å². The molecular formula is C11H22N2O. The minimum absolute atomic E-state index is 0.0740. The lowest BCUT2D eigenvalue weighted by Crippen LogP contribution is -2.47. The lowest BCUT2D eigenvalue weighted by Gasteiger charge is -2.20. The van der Waals surface area contributed by atoms with Crippen LogP contribution < -0.4 is 11.1 Å². The van der Waals surface area contributed by atoms with Crippen molar-refractivity contribution in [2.45, 2.75) is 45.2 Å². The third-order valence-corrected chi connectivity index (χ3v) is 2.46. The van der Waals surface area contributed by atoms with Gasteiger partial charge in [0, 0.05) is 6.04 Å². The van der Waals surface area contributed by atoms with E-state index in [1.165, 1.54) is 0 Å². The van der Waals surface area contributed by atoms with Gasteiger partial charge in [-0.3, -0.25) is 4.79 Å². The molecule has 0 rings (SSSR count). The number of amides is 1. The Kier molecular flexibility index (Phi) is 6.54. The van der Waals surface area contributed by atoms with Crippen LogP contribution in [-0.4, -0.2) is 18.0 Å². The van der Waals surface area contributed by atoms with E-state index >= 15 is 0 Å². The Morgan fingerprint density at radius 2 is 2.14 bits per heavy atom. The van der Waals surface area contributed by atoms with Crippen LogP contribution in [0.1, 0.15) is 33.1 Å². The molecule has 3 atom stereocenters. The molecule has 3 unspecified atom stereocenters. The molecule has 3 nitrogen and oxygen atoms in total. The Labute approximate surface area is 87.4 Å². The number of nitrogens with one attached hydrogen (secondary N) is 1. The van der Waals surface area contributed by atoms with Gasteiger partial charge in [0.25, 0.3) is 0 Å². The lowest BCUT2D eigenvalue weighted by molar-refractivity contribution is -0.123. The van der Waals surface area contributed by atoms with E-state index in [0.29, 0.717) is 0 Å². The van der Waals surface area contributed by atoms with Gasteiger partial charge in [0.2, 0.25) is 5.91 Å². The summed E-state index contributed by atoms with van der Waals surface area (Å²) in [6.07, 6.45) is 2.47. The van der Waals surface area contributed by atoms with Crippen molar-refractivity contribution in [1.29, 1.82) is 0 Å². The zero-order chi connectivity index (χ0) is 11.1. The minimum Gasteiger partial charge on any atom is -0.352 e. The summed E-state index contributed by atoms with van der Waals surface area (Å²) < 4.78 is 0. The highest BCUT2D eigenvalue weighted by molar-refractivity contribution is 5.82. The van der Waals surface area contributed by atoms with Crippen molar-refractivity contribution in [1.82, 2.24) is 5.32 Å². The second kappa shape index (κ2) is 6.82. The maximum absolute atomic E-state index is 11.5. The molecule has 0 spiro atoms. The van der Waals surface area contributed by atoms with E-state index in [0.717, 1.165) is 19.3 Å². The fourth-order valence-corrected chi connectivity index (χ4v) is 1.13. The van der Waals surface area contributed by atoms with Crippen molar-refractivity contribution in [2.24, 2.45) is 11.7 Å². The molecule has 82 valence electrons. The van der Waals surface area contributed by atoms with Crippen LogP contribution >= 0.6 is 0 Å². The molecule has 0 saturated heterocycles. The molecule has 0 aliphatic heterocycles. The van der Waals surface area contributed by atoms with Gasteiger partial charge in [-0.25, -0.2) is 0 Å². The summed E-state index contributed by atoms with van der Waals surface area (Å²) in [5, 5.41) is 2.78. The summed E-state index contributed by atoms with van der Waals surface area (Å²) in [5.74, 6) is 0.106. The predicted molar refractivity (Wildman–Crippen MR) is 59.3 cm³/mol. The maximum Gasteiger partial charge on any atom is 0.237 e. The first-order valence-corrected chi connectivity index (χ1v) is 5.21. The van der Waals surface area contributed by atoms with Gasteiger partial charge in [0.15, 0.2) is 0 Å². The van der Waals surface area contributed by atoms with E-state index in [9.17, 15) is 4.79 Å². The second-order valence-corrected chi connectivity index (χ2v) is 3.76. The number of nitrogens with two attached hydrogens (primary N) is 1. The van der Waals surface area contributed by atoms with Crippen molar-refractivity contribution < 1.29 is 4.79 Å². The van der Waals surface area contributed by atoms with Gasteiger partial charge in [-0.1, -0.05) is 33.6 Å². The first-order chi connectivity index (χ1) is 6.52. The van der Waals surface area contributed by atoms with Crippen LogP contribution in [0.4, 0.5) is 0 Å². The first kappa shape index (κ1) is 13.4. The molecule has 0 aliphatic rings. The van der Waals surface area contributed by atoms with Gasteiger partial charge >= 0.3 is 0 Å². The summed E-state index contributed by atoms with van der Waals surface area (Å²) in [4.78, 5) is 11.5. The average Bonchev–Trinajstić information content (AvgIpc) is 2.15. The number of hydrogen-bond donors (Lipinski definition) is 2. The van der Waals surface area contributed by atoms with Crippen molar-refractivity contribution in [3.05, 3.63) is 13.8 Å². The van der Waals surface area contributed by atoms with Crippen LogP contribution in [0.3, 0.4) is 0 Å². The van der Waals surface area contributed by atoms with Crippen LogP contribution in [-0.2, 0) is 4.79 Å². The van der Waals surface area contributed by atoms with Crippen LogP contribution in [0.15, 0.2) is 0 Å². The zero-order valence-electron chi connectivity index (χ0n) is 9.25. The van der Waals surface area contributed by atoms with Crippen molar-refractivity contribution >= 4 is 5.91 Å². The molecule has 3 heteroatoms. The average molecular weight is 198 g/mol. The largest absolute Gasteiger partial charge is 0.352 e. The number of carbonyl (C=O) groups excluding carboxylic acids is 1. The normalized spacial score (nSPS) is 17.2. The lowest BCUT2D eigenvalue weighted by atomic mass is 9.99. The standard InChI is InChI=1S/C11H22N2O/c1-5-7-9(4)13-11(14)10(12)8(3)6-2/h8-10H,1,4-7,12H2,2-3H3,(H,13,14).